The van der Waals surface area contributed by atoms with Crippen LogP contribution < -0.4 is 0 Å². The highest BCUT2D eigenvalue weighted by Crippen LogP contribution is 2.28. The van der Waals surface area contributed by atoms with Gasteiger partial charge in [-0.2, -0.15) is 0 Å². The Labute approximate surface area is 75.4 Å². The quantitative estimate of drug-likeness (QED) is 0.554. The van der Waals surface area contributed by atoms with Crippen molar-refractivity contribution in [2.75, 3.05) is 17.6 Å². The number of ether oxygens (including phenoxy) is 2. The summed E-state index contributed by atoms with van der Waals surface area (Å²) in [5.74, 6) is 0. The first-order chi connectivity index (χ1) is 4.67. The SMILES string of the molecule is CC(C)(CI)C1OCCO1. The van der Waals surface area contributed by atoms with E-state index in [4.69, 9.17) is 9.47 Å². The van der Waals surface area contributed by atoms with Crippen LogP contribution in [0.5, 0.6) is 0 Å². The topological polar surface area (TPSA) is 18.5 Å². The average molecular weight is 256 g/mol. The number of alkyl halides is 1. The third-order valence-electron chi connectivity index (χ3n) is 1.60. The largest absolute Gasteiger partial charge is 0.350 e. The molecule has 1 fully saturated rings. The molecule has 0 N–H and O–H groups in total. The van der Waals surface area contributed by atoms with Gasteiger partial charge in [0.15, 0.2) is 6.29 Å². The molecule has 10 heavy (non-hydrogen) atoms. The Morgan fingerprint density at radius 1 is 1.40 bits per heavy atom. The summed E-state index contributed by atoms with van der Waals surface area (Å²) in [7, 11) is 0. The fraction of sp³-hybridized carbons (Fsp3) is 1.00. The van der Waals surface area contributed by atoms with Crippen molar-refractivity contribution in [1.29, 1.82) is 0 Å². The molecule has 2 nitrogen and oxygen atoms in total. The predicted molar refractivity (Wildman–Crippen MR) is 48.4 cm³/mol. The molecule has 0 amide bonds. The molecule has 0 aromatic carbocycles. The second-order valence-electron chi connectivity index (χ2n) is 3.20. The van der Waals surface area contributed by atoms with Crippen molar-refractivity contribution in [3.63, 3.8) is 0 Å². The number of halogens is 1. The Bertz CT molecular complexity index is 108. The summed E-state index contributed by atoms with van der Waals surface area (Å²) in [5, 5.41) is 0. The molecule has 1 saturated heterocycles. The third-order valence-corrected chi connectivity index (χ3v) is 3.57. The molecule has 0 aromatic rings. The van der Waals surface area contributed by atoms with Crippen molar-refractivity contribution >= 4 is 22.6 Å². The molecule has 0 aromatic heterocycles. The van der Waals surface area contributed by atoms with Gasteiger partial charge in [-0.1, -0.05) is 36.4 Å². The Kier molecular flexibility index (Phi) is 2.94. The van der Waals surface area contributed by atoms with Crippen molar-refractivity contribution in [2.24, 2.45) is 5.41 Å². The molecule has 3 heteroatoms. The van der Waals surface area contributed by atoms with Crippen LogP contribution in [0.3, 0.4) is 0 Å². The van der Waals surface area contributed by atoms with E-state index in [0.717, 1.165) is 17.6 Å². The van der Waals surface area contributed by atoms with Gasteiger partial charge in [-0.25, -0.2) is 0 Å². The maximum atomic E-state index is 5.38. The number of hydrogen-bond acceptors (Lipinski definition) is 2. The fourth-order valence-electron chi connectivity index (χ4n) is 0.873. The maximum absolute atomic E-state index is 5.38. The lowest BCUT2D eigenvalue weighted by atomic mass is 9.96. The van der Waals surface area contributed by atoms with Crippen LogP contribution in [-0.2, 0) is 9.47 Å². The van der Waals surface area contributed by atoms with Gasteiger partial charge in [-0.3, -0.25) is 0 Å². The molecule has 1 rings (SSSR count). The van der Waals surface area contributed by atoms with E-state index in [0.29, 0.717) is 0 Å². The molecular weight excluding hydrogens is 243 g/mol. The van der Waals surface area contributed by atoms with E-state index in [9.17, 15) is 0 Å². The standard InChI is InChI=1S/C7H13IO2/c1-7(2,5-8)6-9-3-4-10-6/h6H,3-5H2,1-2H3. The molecule has 0 saturated carbocycles. The summed E-state index contributed by atoms with van der Waals surface area (Å²) in [6.07, 6.45) is 0.0180. The first-order valence-electron chi connectivity index (χ1n) is 3.46. The van der Waals surface area contributed by atoms with E-state index in [-0.39, 0.29) is 11.7 Å². The lowest BCUT2D eigenvalue weighted by molar-refractivity contribution is -0.109. The van der Waals surface area contributed by atoms with Gasteiger partial charge >= 0.3 is 0 Å². The lowest BCUT2D eigenvalue weighted by Gasteiger charge is -2.27. The van der Waals surface area contributed by atoms with Crippen LogP contribution in [-0.4, -0.2) is 23.9 Å². The van der Waals surface area contributed by atoms with Crippen LogP contribution in [0.2, 0.25) is 0 Å². The van der Waals surface area contributed by atoms with E-state index < -0.39 is 0 Å². The number of hydrogen-bond donors (Lipinski definition) is 0. The van der Waals surface area contributed by atoms with Crippen LogP contribution in [0.15, 0.2) is 0 Å². The Hall–Kier alpha value is 0.650. The normalized spacial score (nSPS) is 21.9. The summed E-state index contributed by atoms with van der Waals surface area (Å²) < 4.78 is 11.8. The van der Waals surface area contributed by atoms with E-state index in [1.807, 2.05) is 0 Å². The van der Waals surface area contributed by atoms with Crippen LogP contribution in [0.1, 0.15) is 13.8 Å². The summed E-state index contributed by atoms with van der Waals surface area (Å²) >= 11 is 2.36. The summed E-state index contributed by atoms with van der Waals surface area (Å²) in [4.78, 5) is 0. The van der Waals surface area contributed by atoms with Crippen molar-refractivity contribution in [3.8, 4) is 0 Å². The van der Waals surface area contributed by atoms with Crippen LogP contribution in [0.25, 0.3) is 0 Å². The molecule has 1 heterocycles. The molecule has 60 valence electrons. The van der Waals surface area contributed by atoms with Gasteiger partial charge in [-0.15, -0.1) is 0 Å². The zero-order valence-corrected chi connectivity index (χ0v) is 8.55. The van der Waals surface area contributed by atoms with Crippen molar-refractivity contribution < 1.29 is 9.47 Å². The minimum atomic E-state index is 0.0180. The highest BCUT2D eigenvalue weighted by atomic mass is 127. The van der Waals surface area contributed by atoms with Crippen LogP contribution in [0, 0.1) is 5.41 Å². The van der Waals surface area contributed by atoms with Gasteiger partial charge < -0.3 is 9.47 Å². The monoisotopic (exact) mass is 256 g/mol. The van der Waals surface area contributed by atoms with Gasteiger partial charge in [0, 0.05) is 9.84 Å². The second kappa shape index (κ2) is 3.36. The number of rotatable bonds is 2. The maximum Gasteiger partial charge on any atom is 0.163 e. The molecule has 0 bridgehead atoms. The lowest BCUT2D eigenvalue weighted by Crippen LogP contribution is -2.31. The second-order valence-corrected chi connectivity index (χ2v) is 3.96. The molecule has 0 spiro atoms. The minimum absolute atomic E-state index is 0.0180. The van der Waals surface area contributed by atoms with Gasteiger partial charge in [0.25, 0.3) is 0 Å². The van der Waals surface area contributed by atoms with Gasteiger partial charge in [0.05, 0.1) is 13.2 Å². The van der Waals surface area contributed by atoms with Gasteiger partial charge in [0.1, 0.15) is 0 Å². The molecule has 0 aliphatic carbocycles. The van der Waals surface area contributed by atoms with Crippen molar-refractivity contribution in [3.05, 3.63) is 0 Å². The van der Waals surface area contributed by atoms with E-state index in [1.54, 1.807) is 0 Å². The highest BCUT2D eigenvalue weighted by Gasteiger charge is 2.32. The summed E-state index contributed by atoms with van der Waals surface area (Å²) in [5.41, 5.74) is 0.164. The zero-order chi connectivity index (χ0) is 7.61. The van der Waals surface area contributed by atoms with Gasteiger partial charge in [0.2, 0.25) is 0 Å². The van der Waals surface area contributed by atoms with Crippen molar-refractivity contribution in [2.45, 2.75) is 20.1 Å². The Morgan fingerprint density at radius 2 is 1.90 bits per heavy atom. The summed E-state index contributed by atoms with van der Waals surface area (Å²) in [6, 6.07) is 0. The van der Waals surface area contributed by atoms with E-state index >= 15 is 0 Å². The first kappa shape index (κ1) is 8.74. The smallest absolute Gasteiger partial charge is 0.163 e. The summed E-state index contributed by atoms with van der Waals surface area (Å²) in [6.45, 7) is 5.83. The highest BCUT2D eigenvalue weighted by molar-refractivity contribution is 14.1. The first-order valence-corrected chi connectivity index (χ1v) is 4.98. The zero-order valence-electron chi connectivity index (χ0n) is 6.39. The Balaban J connectivity index is 2.45. The molecule has 0 unspecified atom stereocenters. The molecular formula is C7H13IO2. The van der Waals surface area contributed by atoms with E-state index in [2.05, 4.69) is 36.4 Å². The molecule has 1 aliphatic rings. The van der Waals surface area contributed by atoms with Gasteiger partial charge in [-0.05, 0) is 0 Å². The van der Waals surface area contributed by atoms with Crippen molar-refractivity contribution in [1.82, 2.24) is 0 Å². The predicted octanol–water partition coefficient (Wildman–Crippen LogP) is 1.82. The average Bonchev–Trinajstić information content (AvgIpc) is 2.38. The Morgan fingerprint density at radius 3 is 2.30 bits per heavy atom. The van der Waals surface area contributed by atoms with E-state index in [1.165, 1.54) is 0 Å². The van der Waals surface area contributed by atoms with Crippen LogP contribution >= 0.6 is 22.6 Å². The third kappa shape index (κ3) is 1.83. The minimum Gasteiger partial charge on any atom is -0.350 e. The molecule has 1 aliphatic heterocycles. The fourth-order valence-corrected chi connectivity index (χ4v) is 1.23. The molecule has 0 atom stereocenters. The van der Waals surface area contributed by atoms with Crippen LogP contribution in [0.4, 0.5) is 0 Å². The molecule has 0 radical (unpaired) electrons.